The fourth-order valence-corrected chi connectivity index (χ4v) is 16.7. The van der Waals surface area contributed by atoms with Crippen molar-refractivity contribution in [3.8, 4) is 0 Å². The second-order valence-electron chi connectivity index (χ2n) is 24.5. The number of alkyl halides is 2. The molecule has 0 aliphatic carbocycles. The van der Waals surface area contributed by atoms with Gasteiger partial charge in [-0.05, 0) is 146 Å². The number of amidine groups is 2. The summed E-state index contributed by atoms with van der Waals surface area (Å²) in [5, 5.41) is 17.0. The number of aliphatic carboxylic acids is 1. The van der Waals surface area contributed by atoms with Gasteiger partial charge in [-0.3, -0.25) is 24.2 Å². The molecule has 23 heteroatoms. The lowest BCUT2D eigenvalue weighted by Crippen LogP contribution is -2.54. The van der Waals surface area contributed by atoms with Crippen molar-refractivity contribution in [2.75, 3.05) is 91.9 Å². The molecule has 12 rings (SSSR count). The summed E-state index contributed by atoms with van der Waals surface area (Å²) < 4.78 is 24.5. The molecule has 0 aromatic heterocycles. The Balaban J connectivity index is 0.000000174. The molecule has 8 aliphatic heterocycles. The lowest BCUT2D eigenvalue weighted by molar-refractivity contribution is -0.146. The highest BCUT2D eigenvalue weighted by Gasteiger charge is 2.56. The van der Waals surface area contributed by atoms with E-state index in [1.165, 1.54) is 28.4 Å². The number of rotatable bonds is 14. The lowest BCUT2D eigenvalue weighted by Gasteiger charge is -2.38. The van der Waals surface area contributed by atoms with Crippen LogP contribution in [-0.4, -0.2) is 177 Å². The minimum absolute atomic E-state index is 0.00219. The van der Waals surface area contributed by atoms with Crippen LogP contribution in [0.3, 0.4) is 0 Å². The van der Waals surface area contributed by atoms with Crippen molar-refractivity contribution >= 4 is 104 Å². The van der Waals surface area contributed by atoms with Gasteiger partial charge < -0.3 is 34.9 Å². The van der Waals surface area contributed by atoms with Gasteiger partial charge in [-0.15, -0.1) is 0 Å². The van der Waals surface area contributed by atoms with Crippen LogP contribution in [-0.2, 0) is 30.3 Å². The number of nitrogens with zero attached hydrogens (tertiary/aromatic N) is 9. The van der Waals surface area contributed by atoms with Gasteiger partial charge in [-0.25, -0.2) is 23.6 Å². The number of carbonyl (C=O) groups is 4. The van der Waals surface area contributed by atoms with E-state index >= 15 is 0 Å². The molecule has 0 unspecified atom stereocenters. The molecule has 0 bridgehead atoms. The molecule has 4 aromatic carbocycles. The predicted octanol–water partition coefficient (Wildman–Crippen LogP) is 12.5. The molecular formula is C66H78Cl4F2N10O5S2. The van der Waals surface area contributed by atoms with Crippen LogP contribution in [0.25, 0.3) is 0 Å². The highest BCUT2D eigenvalue weighted by atomic mass is 35.5. The van der Waals surface area contributed by atoms with Gasteiger partial charge in [0, 0.05) is 110 Å². The SMILES string of the molecule is CC(C)C1=C(C(=O)N2CCC[C@H]2C(=O)N2CCN(CCF)CC2)SC2=N[C@@](C)(c3ccc(Cl)cc3)[C@@H](c3ccc(Cl)cc3)N21.CC(C)C1=C(C(=O)N2CCC[C@H]2C(=O)O)SC2=N[C@@](C)(c3ccc(Cl)cc3)[C@@H](c3ccc(Cl)cc3)N21.FCCN1CCNCC1. The van der Waals surface area contributed by atoms with E-state index < -0.39 is 29.1 Å². The number of hydrogen-bond acceptors (Lipinski definition) is 13. The molecule has 0 spiro atoms. The van der Waals surface area contributed by atoms with Crippen molar-refractivity contribution in [2.45, 2.75) is 102 Å². The van der Waals surface area contributed by atoms with Gasteiger partial charge in [0.05, 0.1) is 12.1 Å². The van der Waals surface area contributed by atoms with Gasteiger partial charge in [-0.2, -0.15) is 0 Å². The van der Waals surface area contributed by atoms with Crippen LogP contribution in [0.2, 0.25) is 20.1 Å². The zero-order chi connectivity index (χ0) is 63.5. The molecule has 89 heavy (non-hydrogen) atoms. The number of fused-ring (bicyclic) bond motifs is 2. The summed E-state index contributed by atoms with van der Waals surface area (Å²) in [5.41, 5.74) is 4.60. The number of hydrogen-bond donors (Lipinski definition) is 2. The first-order chi connectivity index (χ1) is 42.7. The molecule has 3 amide bonds. The Kier molecular flexibility index (Phi) is 21.5. The molecule has 4 fully saturated rings. The van der Waals surface area contributed by atoms with E-state index in [-0.39, 0.29) is 55.0 Å². The first kappa shape index (κ1) is 66.7. The van der Waals surface area contributed by atoms with E-state index in [1.807, 2.05) is 107 Å². The number of carbonyl (C=O) groups excluding carboxylic acids is 3. The van der Waals surface area contributed by atoms with Crippen molar-refractivity contribution in [2.24, 2.45) is 21.8 Å². The predicted molar refractivity (Wildman–Crippen MR) is 355 cm³/mol. The minimum atomic E-state index is -0.956. The Labute approximate surface area is 549 Å². The molecule has 15 nitrogen and oxygen atoms in total. The fourth-order valence-electron chi connectivity index (χ4n) is 13.5. The molecule has 4 aromatic rings. The van der Waals surface area contributed by atoms with E-state index in [9.17, 15) is 33.1 Å². The second kappa shape index (κ2) is 28.7. The number of piperazine rings is 2. The summed E-state index contributed by atoms with van der Waals surface area (Å²) in [6.07, 6.45) is 2.59. The third-order valence-electron chi connectivity index (χ3n) is 18.0. The van der Waals surface area contributed by atoms with Crippen LogP contribution in [0.1, 0.15) is 102 Å². The minimum Gasteiger partial charge on any atom is -0.480 e. The van der Waals surface area contributed by atoms with E-state index in [0.29, 0.717) is 102 Å². The van der Waals surface area contributed by atoms with Crippen molar-refractivity contribution in [1.82, 2.24) is 39.6 Å². The molecule has 6 atom stereocenters. The number of halogens is 6. The summed E-state index contributed by atoms with van der Waals surface area (Å²) in [6.45, 7) is 20.4. The maximum absolute atomic E-state index is 14.4. The Morgan fingerprint density at radius 1 is 0.562 bits per heavy atom. The summed E-state index contributed by atoms with van der Waals surface area (Å²) in [4.78, 5) is 79.1. The summed E-state index contributed by atoms with van der Waals surface area (Å²) >= 11 is 27.7. The average Bonchev–Trinajstić information content (AvgIpc) is 1.57. The first-order valence-corrected chi connectivity index (χ1v) is 33.9. The molecule has 2 N–H and O–H groups in total. The third kappa shape index (κ3) is 13.9. The van der Waals surface area contributed by atoms with Gasteiger partial charge in [0.15, 0.2) is 10.3 Å². The van der Waals surface area contributed by atoms with E-state index in [0.717, 1.165) is 76.6 Å². The summed E-state index contributed by atoms with van der Waals surface area (Å²) in [5.74, 6) is -1.26. The largest absolute Gasteiger partial charge is 0.480 e. The quantitative estimate of drug-likeness (QED) is 0.124. The number of amides is 3. The van der Waals surface area contributed by atoms with Crippen LogP contribution in [0.15, 0.2) is 128 Å². The highest BCUT2D eigenvalue weighted by molar-refractivity contribution is 8.18. The molecule has 0 radical (unpaired) electrons. The standard InChI is InChI=1S/C33H38Cl2FN5O2S.C27H27Cl2N3O3S.C6H13FN2/c1-21(2)27-28(31(43)40-15-4-5-26(40)30(42)39-19-17-38(16-14-36)18-20-39)44-32-37-33(3,23-8-12-25(35)13-9-23)29(41(27)32)22-6-10-24(34)11-7-22;1-15(2)21-22(24(33)31-14-4-5-20(31)25(34)35)36-26-30-27(3,17-8-12-19(29)13-9-17)23(32(21)26)16-6-10-18(28)11-7-16;7-1-4-9-5-2-8-3-6-9/h6-13,21,26,29H,4-5,14-20H2,1-3H3;6-13,15,20,23H,4-5,14H2,1-3H3,(H,34,35);8H,1-6H2/t26-,29+,33-;20-,23+,27-;/m00./s1. The smallest absolute Gasteiger partial charge is 0.326 e. The molecule has 8 aliphatic rings. The van der Waals surface area contributed by atoms with Crippen LogP contribution in [0, 0.1) is 11.8 Å². The zero-order valence-corrected chi connectivity index (χ0v) is 55.8. The number of thioether (sulfide) groups is 2. The average molecular weight is 1340 g/mol. The van der Waals surface area contributed by atoms with Crippen molar-refractivity contribution in [3.63, 3.8) is 0 Å². The maximum atomic E-state index is 14.4. The Hall–Kier alpha value is -5.22. The van der Waals surface area contributed by atoms with Crippen LogP contribution >= 0.6 is 69.9 Å². The van der Waals surface area contributed by atoms with Gasteiger partial charge in [0.1, 0.15) is 46.3 Å². The number of benzene rings is 4. The Bertz CT molecular complexity index is 3360. The van der Waals surface area contributed by atoms with E-state index in [2.05, 4.69) is 61.6 Å². The van der Waals surface area contributed by atoms with Crippen molar-refractivity contribution in [1.29, 1.82) is 0 Å². The number of aliphatic imine (C=N–C) groups is 2. The van der Waals surface area contributed by atoms with Crippen molar-refractivity contribution < 1.29 is 33.1 Å². The Morgan fingerprint density at radius 3 is 1.31 bits per heavy atom. The van der Waals surface area contributed by atoms with Gasteiger partial charge in [0.2, 0.25) is 5.91 Å². The van der Waals surface area contributed by atoms with E-state index in [1.54, 1.807) is 4.90 Å². The number of nitrogens with one attached hydrogen (secondary N) is 1. The topological polar surface area (TPSA) is 148 Å². The monoisotopic (exact) mass is 1330 g/mol. The lowest BCUT2D eigenvalue weighted by atomic mass is 9.81. The zero-order valence-electron chi connectivity index (χ0n) is 51.1. The highest BCUT2D eigenvalue weighted by Crippen LogP contribution is 2.58. The number of carboxylic acid groups (broad SMARTS) is 1. The van der Waals surface area contributed by atoms with Crippen LogP contribution in [0.4, 0.5) is 8.78 Å². The summed E-state index contributed by atoms with van der Waals surface area (Å²) in [7, 11) is 0. The fraction of sp³-hybridized carbons (Fsp3) is 0.485. The van der Waals surface area contributed by atoms with Crippen LogP contribution in [0.5, 0.6) is 0 Å². The molecule has 476 valence electrons. The van der Waals surface area contributed by atoms with Gasteiger partial charge >= 0.3 is 5.97 Å². The molecular weight excluding hydrogens is 1260 g/mol. The third-order valence-corrected chi connectivity index (χ3v) is 21.1. The number of likely N-dealkylation sites (tertiary alicyclic amines) is 2. The Morgan fingerprint density at radius 2 is 0.933 bits per heavy atom. The molecule has 0 saturated carbocycles. The second-order valence-corrected chi connectivity index (χ2v) is 28.2. The van der Waals surface area contributed by atoms with Crippen LogP contribution < -0.4 is 5.32 Å². The van der Waals surface area contributed by atoms with E-state index in [4.69, 9.17) is 56.4 Å². The number of carboxylic acids is 1. The molecule has 8 heterocycles. The molecule has 4 saturated heterocycles. The first-order valence-electron chi connectivity index (χ1n) is 30.7. The van der Waals surface area contributed by atoms with Crippen molar-refractivity contribution in [3.05, 3.63) is 161 Å². The van der Waals surface area contributed by atoms with Gasteiger partial charge in [-0.1, -0.05) is 123 Å². The summed E-state index contributed by atoms with van der Waals surface area (Å²) in [6, 6.07) is 29.4. The number of allylic oxidation sites excluding steroid dienone is 2. The maximum Gasteiger partial charge on any atom is 0.326 e. The normalized spacial score (nSPS) is 25.3. The van der Waals surface area contributed by atoms with Gasteiger partial charge in [0.25, 0.3) is 11.8 Å².